The second-order valence-electron chi connectivity index (χ2n) is 0.480. The minimum Gasteiger partial charge on any atom is -0.449 e. The van der Waals surface area contributed by atoms with Crippen LogP contribution in [-0.4, -0.2) is 17.7 Å². The summed E-state index contributed by atoms with van der Waals surface area (Å²) in [5.41, 5.74) is 0. The molecule has 0 fully saturated rings. The molecule has 0 heterocycles. The summed E-state index contributed by atoms with van der Waals surface area (Å²) < 4.78 is 3.28. The maximum absolute atomic E-state index is 9.15. The third-order valence-electron chi connectivity index (χ3n) is 0.149. The van der Waals surface area contributed by atoms with E-state index in [0.29, 0.717) is 0 Å². The number of hydrogen-bond acceptors (Lipinski definition) is 3. The Hall–Kier alpha value is -0.372. The molecule has 5 heteroatoms. The number of ether oxygens (including phenoxy) is 1. The van der Waals surface area contributed by atoms with Crippen molar-refractivity contribution in [1.29, 1.82) is 0 Å². The molecule has 0 aromatic heterocycles. The van der Waals surface area contributed by atoms with E-state index in [4.69, 9.17) is 14.7 Å². The molecule has 0 aliphatic rings. The van der Waals surface area contributed by atoms with Gasteiger partial charge in [-0.2, -0.15) is 0 Å². The Morgan fingerprint density at radius 3 is 2.14 bits per heavy atom. The first-order chi connectivity index (χ1) is 2.77. The number of carbonyl (C=O) groups excluding carboxylic acids is 1. The van der Waals surface area contributed by atoms with E-state index in [1.165, 1.54) is 0 Å². The first kappa shape index (κ1) is 9.80. The van der Waals surface area contributed by atoms with E-state index in [1.54, 1.807) is 0 Å². The first-order valence-electron chi connectivity index (χ1n) is 1.10. The zero-order chi connectivity index (χ0) is 4.99. The van der Waals surface area contributed by atoms with Crippen LogP contribution in [0.25, 0.3) is 0 Å². The third-order valence-corrected chi connectivity index (χ3v) is 0.149. The van der Waals surface area contributed by atoms with Crippen molar-refractivity contribution in [1.82, 2.24) is 0 Å². The molecule has 40 valence electrons. The molecule has 0 saturated heterocycles. The molecular weight excluding hydrogens is 184 g/mol. The van der Waals surface area contributed by atoms with Gasteiger partial charge in [-0.25, -0.2) is 4.79 Å². The van der Waals surface area contributed by atoms with E-state index in [1.807, 2.05) is 0 Å². The molecule has 0 aromatic rings. The van der Waals surface area contributed by atoms with Crippen molar-refractivity contribution in [2.75, 3.05) is 0 Å². The van der Waals surface area contributed by atoms with Gasteiger partial charge in [0, 0.05) is 21.1 Å². The molecule has 0 unspecified atom stereocenters. The van der Waals surface area contributed by atoms with Crippen LogP contribution in [0.1, 0.15) is 0 Å². The molecule has 7 heavy (non-hydrogen) atoms. The van der Waals surface area contributed by atoms with Gasteiger partial charge < -0.3 is 9.84 Å². The monoisotopic (exact) mass is 188 g/mol. The van der Waals surface area contributed by atoms with E-state index in [2.05, 4.69) is 4.74 Å². The van der Waals surface area contributed by atoms with Gasteiger partial charge in [0.1, 0.15) is 0 Å². The fraction of sp³-hybridized carbons (Fsp3) is 0. The zero-order valence-corrected chi connectivity index (χ0v) is 5.16. The van der Waals surface area contributed by atoms with E-state index < -0.39 is 6.16 Å². The summed E-state index contributed by atoms with van der Waals surface area (Å²) in [6.45, 7) is -0.150. The van der Waals surface area contributed by atoms with Gasteiger partial charge in [0.15, 0.2) is 0 Å². The van der Waals surface area contributed by atoms with Crippen molar-refractivity contribution in [3.63, 3.8) is 0 Å². The minimum absolute atomic E-state index is 0. The standard InChI is InChI=1S/C2H2O4.Mo/c3-1-6-2(4)5;/h1H,(H,4,5);. The summed E-state index contributed by atoms with van der Waals surface area (Å²) in [4.78, 5) is 18.2. The summed E-state index contributed by atoms with van der Waals surface area (Å²) in [6.07, 6.45) is -1.58. The topological polar surface area (TPSA) is 63.6 Å². The van der Waals surface area contributed by atoms with Crippen molar-refractivity contribution >= 4 is 12.6 Å². The smallest absolute Gasteiger partial charge is 0.449 e. The SMILES string of the molecule is O=COC(=O)O.[Mo]. The molecule has 0 saturated carbocycles. The van der Waals surface area contributed by atoms with Crippen molar-refractivity contribution in [3.05, 3.63) is 0 Å². The van der Waals surface area contributed by atoms with Crippen LogP contribution in [0.4, 0.5) is 4.79 Å². The molecule has 0 amide bonds. The van der Waals surface area contributed by atoms with Crippen LogP contribution in [0.5, 0.6) is 0 Å². The van der Waals surface area contributed by atoms with Gasteiger partial charge >= 0.3 is 12.6 Å². The van der Waals surface area contributed by atoms with Crippen LogP contribution >= 0.6 is 0 Å². The molecule has 0 spiro atoms. The minimum atomic E-state index is -1.58. The average Bonchev–Trinajstić information content (AvgIpc) is 1.35. The molecule has 0 bridgehead atoms. The van der Waals surface area contributed by atoms with Gasteiger partial charge in [-0.1, -0.05) is 0 Å². The Balaban J connectivity index is 0. The number of hydrogen-bond donors (Lipinski definition) is 1. The molecule has 0 atom stereocenters. The van der Waals surface area contributed by atoms with Crippen LogP contribution < -0.4 is 0 Å². The van der Waals surface area contributed by atoms with E-state index in [-0.39, 0.29) is 27.5 Å². The molecule has 0 aromatic carbocycles. The van der Waals surface area contributed by atoms with Gasteiger partial charge in [-0.05, 0) is 0 Å². The summed E-state index contributed by atoms with van der Waals surface area (Å²) in [5.74, 6) is 0. The molecule has 1 N–H and O–H groups in total. The predicted octanol–water partition coefficient (Wildman–Crippen LogP) is -0.165. The van der Waals surface area contributed by atoms with Crippen LogP contribution in [-0.2, 0) is 30.6 Å². The van der Waals surface area contributed by atoms with Crippen LogP contribution in [0.15, 0.2) is 0 Å². The van der Waals surface area contributed by atoms with E-state index in [9.17, 15) is 0 Å². The summed E-state index contributed by atoms with van der Waals surface area (Å²) in [5, 5.41) is 7.46. The fourth-order valence-corrected chi connectivity index (χ4v) is 0.0412. The van der Waals surface area contributed by atoms with Gasteiger partial charge in [0.2, 0.25) is 0 Å². The average molecular weight is 186 g/mol. The van der Waals surface area contributed by atoms with Crippen molar-refractivity contribution in [3.8, 4) is 0 Å². The van der Waals surface area contributed by atoms with Crippen molar-refractivity contribution in [2.45, 2.75) is 0 Å². The van der Waals surface area contributed by atoms with Crippen LogP contribution in [0.3, 0.4) is 0 Å². The van der Waals surface area contributed by atoms with Crippen molar-refractivity contribution < 1.29 is 40.5 Å². The Bertz CT molecular complexity index is 70.1. The molecule has 0 rings (SSSR count). The predicted molar refractivity (Wildman–Crippen MR) is 15.2 cm³/mol. The third kappa shape index (κ3) is 10.7. The van der Waals surface area contributed by atoms with Gasteiger partial charge in [0.05, 0.1) is 0 Å². The maximum Gasteiger partial charge on any atom is 0.513 e. The normalized spacial score (nSPS) is 5.71. The van der Waals surface area contributed by atoms with Gasteiger partial charge in [-0.3, -0.25) is 4.79 Å². The first-order valence-corrected chi connectivity index (χ1v) is 1.10. The number of carboxylic acid groups (broad SMARTS) is 1. The van der Waals surface area contributed by atoms with Gasteiger partial charge in [0.25, 0.3) is 0 Å². The van der Waals surface area contributed by atoms with Crippen LogP contribution in [0.2, 0.25) is 0 Å². The van der Waals surface area contributed by atoms with Crippen molar-refractivity contribution in [2.24, 2.45) is 0 Å². The second-order valence-corrected chi connectivity index (χ2v) is 0.480. The molecule has 4 nitrogen and oxygen atoms in total. The molecule has 0 aliphatic carbocycles. The number of rotatable bonds is 1. The molecular formula is C2H2MoO4. The summed E-state index contributed by atoms with van der Waals surface area (Å²) in [7, 11) is 0. The largest absolute Gasteiger partial charge is 0.513 e. The van der Waals surface area contributed by atoms with E-state index >= 15 is 0 Å². The quantitative estimate of drug-likeness (QED) is 0.267. The second kappa shape index (κ2) is 5.63. The Morgan fingerprint density at radius 2 is 2.14 bits per heavy atom. The fourth-order valence-electron chi connectivity index (χ4n) is 0.0412. The van der Waals surface area contributed by atoms with Gasteiger partial charge in [-0.15, -0.1) is 0 Å². The summed E-state index contributed by atoms with van der Waals surface area (Å²) >= 11 is 0. The zero-order valence-electron chi connectivity index (χ0n) is 3.16. The van der Waals surface area contributed by atoms with E-state index in [0.717, 1.165) is 0 Å². The summed E-state index contributed by atoms with van der Waals surface area (Å²) in [6, 6.07) is 0. The Morgan fingerprint density at radius 1 is 1.71 bits per heavy atom. The number of carbonyl (C=O) groups is 2. The molecule has 0 aliphatic heterocycles. The van der Waals surface area contributed by atoms with Crippen LogP contribution in [0, 0.1) is 0 Å². The maximum atomic E-state index is 9.15. The Labute approximate surface area is 53.7 Å². The Kier molecular flexibility index (Phi) is 7.88. The molecule has 0 radical (unpaired) electrons.